The smallest absolute Gasteiger partial charge is 0.314 e. The highest BCUT2D eigenvalue weighted by atomic mass is 35.5. The number of nitrogens with one attached hydrogen (secondary N) is 1. The second kappa shape index (κ2) is 5.75. The van der Waals surface area contributed by atoms with E-state index < -0.39 is 37.7 Å². The van der Waals surface area contributed by atoms with E-state index in [-0.39, 0.29) is 6.54 Å². The molecule has 1 aliphatic rings. The fourth-order valence-corrected chi connectivity index (χ4v) is 4.65. The number of halogens is 4. The van der Waals surface area contributed by atoms with Gasteiger partial charge in [-0.2, -0.15) is 17.5 Å². The van der Waals surface area contributed by atoms with Crippen molar-refractivity contribution in [3.63, 3.8) is 0 Å². The summed E-state index contributed by atoms with van der Waals surface area (Å²) >= 11 is 5.77. The first kappa shape index (κ1) is 16.5. The van der Waals surface area contributed by atoms with Gasteiger partial charge in [-0.1, -0.05) is 17.7 Å². The molecule has 9 heteroatoms. The van der Waals surface area contributed by atoms with E-state index in [0.29, 0.717) is 13.1 Å². The van der Waals surface area contributed by atoms with Crippen LogP contribution < -0.4 is 5.32 Å². The number of sulfonamides is 1. The molecular formula is C12H14ClF3N2O2S. The topological polar surface area (TPSA) is 49.4 Å². The highest BCUT2D eigenvalue weighted by Gasteiger charge is 2.41. The van der Waals surface area contributed by atoms with Crippen LogP contribution in [0, 0.1) is 0 Å². The van der Waals surface area contributed by atoms with Crippen LogP contribution in [0.3, 0.4) is 0 Å². The van der Waals surface area contributed by atoms with Crippen LogP contribution in [-0.4, -0.2) is 38.4 Å². The van der Waals surface area contributed by atoms with E-state index in [4.69, 9.17) is 11.6 Å². The Labute approximate surface area is 125 Å². The number of hydrogen-bond acceptors (Lipinski definition) is 3. The minimum absolute atomic E-state index is 0.103. The average molecular weight is 343 g/mol. The van der Waals surface area contributed by atoms with Crippen molar-refractivity contribution in [3.8, 4) is 0 Å². The van der Waals surface area contributed by atoms with Crippen molar-refractivity contribution < 1.29 is 21.6 Å². The lowest BCUT2D eigenvalue weighted by Gasteiger charge is -2.33. The van der Waals surface area contributed by atoms with E-state index in [9.17, 15) is 21.6 Å². The van der Waals surface area contributed by atoms with E-state index in [0.717, 1.165) is 22.5 Å². The number of nitrogens with zero attached hydrogens (tertiary/aromatic N) is 1. The zero-order valence-electron chi connectivity index (χ0n) is 11.1. The predicted molar refractivity (Wildman–Crippen MR) is 72.7 cm³/mol. The lowest BCUT2D eigenvalue weighted by molar-refractivity contribution is -0.139. The Hall–Kier alpha value is -0.830. The number of alkyl halides is 3. The molecule has 1 saturated heterocycles. The molecule has 1 fully saturated rings. The second-order valence-corrected chi connectivity index (χ2v) is 7.02. The van der Waals surface area contributed by atoms with E-state index in [1.165, 1.54) is 0 Å². The van der Waals surface area contributed by atoms with Gasteiger partial charge in [0.05, 0.1) is 10.6 Å². The van der Waals surface area contributed by atoms with Crippen molar-refractivity contribution in [3.05, 3.63) is 28.8 Å². The van der Waals surface area contributed by atoms with Crippen molar-refractivity contribution >= 4 is 21.6 Å². The van der Waals surface area contributed by atoms with Gasteiger partial charge in [-0.05, 0) is 19.1 Å². The number of rotatable bonds is 2. The summed E-state index contributed by atoms with van der Waals surface area (Å²) < 4.78 is 65.5. The molecule has 1 aromatic rings. The molecule has 1 heterocycles. The Morgan fingerprint density at radius 3 is 2.62 bits per heavy atom. The maximum absolute atomic E-state index is 13.1. The van der Waals surface area contributed by atoms with Crippen LogP contribution in [0.5, 0.6) is 0 Å². The number of benzene rings is 1. The number of piperazine rings is 1. The molecule has 0 spiro atoms. The minimum Gasteiger partial charge on any atom is -0.314 e. The van der Waals surface area contributed by atoms with Crippen LogP contribution in [0.25, 0.3) is 0 Å². The summed E-state index contributed by atoms with van der Waals surface area (Å²) in [6, 6.07) is 2.52. The van der Waals surface area contributed by atoms with Gasteiger partial charge in [-0.25, -0.2) is 8.42 Å². The molecule has 0 unspecified atom stereocenters. The van der Waals surface area contributed by atoms with E-state index in [1.54, 1.807) is 6.92 Å². The van der Waals surface area contributed by atoms with Crippen LogP contribution in [-0.2, 0) is 16.2 Å². The normalized spacial score (nSPS) is 21.5. The third kappa shape index (κ3) is 3.18. The summed E-state index contributed by atoms with van der Waals surface area (Å²) in [5, 5.41) is 2.57. The first-order chi connectivity index (χ1) is 9.65. The maximum atomic E-state index is 13.1. The molecule has 1 atom stereocenters. The average Bonchev–Trinajstić information content (AvgIpc) is 2.37. The van der Waals surface area contributed by atoms with E-state index in [2.05, 4.69) is 5.32 Å². The third-order valence-electron chi connectivity index (χ3n) is 3.28. The van der Waals surface area contributed by atoms with E-state index >= 15 is 0 Å². The summed E-state index contributed by atoms with van der Waals surface area (Å²) in [5.74, 6) is 0. The van der Waals surface area contributed by atoms with Crippen LogP contribution >= 0.6 is 11.6 Å². The molecule has 0 saturated carbocycles. The first-order valence-corrected chi connectivity index (χ1v) is 8.06. The molecule has 0 aliphatic carbocycles. The summed E-state index contributed by atoms with van der Waals surface area (Å²) in [6.45, 7) is 2.50. The van der Waals surface area contributed by atoms with Crippen molar-refractivity contribution in [1.82, 2.24) is 9.62 Å². The molecule has 4 nitrogen and oxygen atoms in total. The predicted octanol–water partition coefficient (Wildman–Crippen LogP) is 2.34. The Morgan fingerprint density at radius 2 is 2.05 bits per heavy atom. The van der Waals surface area contributed by atoms with Crippen molar-refractivity contribution in [1.29, 1.82) is 0 Å². The summed E-state index contributed by atoms with van der Waals surface area (Å²) in [6.07, 6.45) is -4.79. The molecular weight excluding hydrogens is 329 g/mol. The zero-order chi connectivity index (χ0) is 15.8. The Bertz CT molecular complexity index is 634. The van der Waals surface area contributed by atoms with Gasteiger partial charge in [0.25, 0.3) is 0 Å². The number of hydrogen-bond donors (Lipinski definition) is 1. The Morgan fingerprint density at radius 1 is 1.38 bits per heavy atom. The summed E-state index contributed by atoms with van der Waals surface area (Å²) in [5.41, 5.74) is -1.24. The minimum atomic E-state index is -4.79. The van der Waals surface area contributed by atoms with Crippen LogP contribution in [0.4, 0.5) is 13.2 Å². The van der Waals surface area contributed by atoms with Gasteiger partial charge < -0.3 is 5.32 Å². The fraction of sp³-hybridized carbons (Fsp3) is 0.500. The van der Waals surface area contributed by atoms with E-state index in [1.807, 2.05) is 0 Å². The highest BCUT2D eigenvalue weighted by Crippen LogP contribution is 2.39. The van der Waals surface area contributed by atoms with Gasteiger partial charge in [0.15, 0.2) is 0 Å². The van der Waals surface area contributed by atoms with Crippen LogP contribution in [0.1, 0.15) is 12.5 Å². The van der Waals surface area contributed by atoms with Crippen molar-refractivity contribution in [2.75, 3.05) is 19.6 Å². The monoisotopic (exact) mass is 342 g/mol. The Balaban J connectivity index is 2.60. The standard InChI is InChI=1S/C12H14ClF3N2O2S/c1-8-7-17-5-6-18(8)21(19,20)11-9(12(14,15)16)3-2-4-10(11)13/h2-4,8,17H,5-7H2,1H3/t8-/m1/s1. The van der Waals surface area contributed by atoms with Gasteiger partial charge in [-0.3, -0.25) is 0 Å². The molecule has 1 aromatic carbocycles. The first-order valence-electron chi connectivity index (χ1n) is 6.24. The lowest BCUT2D eigenvalue weighted by Crippen LogP contribution is -2.52. The van der Waals surface area contributed by atoms with Gasteiger partial charge in [0.2, 0.25) is 10.0 Å². The summed E-state index contributed by atoms with van der Waals surface area (Å²) in [4.78, 5) is -0.868. The SMILES string of the molecule is C[C@@H]1CNCCN1S(=O)(=O)c1c(Cl)cccc1C(F)(F)F. The molecule has 0 radical (unpaired) electrons. The zero-order valence-corrected chi connectivity index (χ0v) is 12.7. The van der Waals surface area contributed by atoms with Crippen LogP contribution in [0.15, 0.2) is 23.1 Å². The molecule has 1 aliphatic heterocycles. The quantitative estimate of drug-likeness (QED) is 0.897. The molecule has 118 valence electrons. The van der Waals surface area contributed by atoms with Crippen LogP contribution in [0.2, 0.25) is 5.02 Å². The third-order valence-corrected chi connectivity index (χ3v) is 5.82. The fourth-order valence-electron chi connectivity index (χ4n) is 2.29. The molecule has 0 bridgehead atoms. The Kier molecular flexibility index (Phi) is 4.53. The van der Waals surface area contributed by atoms with Gasteiger partial charge in [0, 0.05) is 25.7 Å². The van der Waals surface area contributed by atoms with Crippen molar-refractivity contribution in [2.45, 2.75) is 24.0 Å². The maximum Gasteiger partial charge on any atom is 0.417 e. The largest absolute Gasteiger partial charge is 0.417 e. The molecule has 0 amide bonds. The van der Waals surface area contributed by atoms with Gasteiger partial charge in [0.1, 0.15) is 4.90 Å². The highest BCUT2D eigenvalue weighted by molar-refractivity contribution is 7.89. The summed E-state index contributed by atoms with van der Waals surface area (Å²) in [7, 11) is -4.31. The molecule has 21 heavy (non-hydrogen) atoms. The molecule has 1 N–H and O–H groups in total. The second-order valence-electron chi connectivity index (χ2n) is 4.78. The molecule has 0 aromatic heterocycles. The van der Waals surface area contributed by atoms with Crippen molar-refractivity contribution in [2.24, 2.45) is 0 Å². The molecule has 2 rings (SSSR count). The van der Waals surface area contributed by atoms with Gasteiger partial charge >= 0.3 is 6.18 Å². The van der Waals surface area contributed by atoms with Gasteiger partial charge in [-0.15, -0.1) is 0 Å². The lowest BCUT2D eigenvalue weighted by atomic mass is 10.2.